The maximum Gasteiger partial charge on any atom is 0.222 e. The number of ether oxygens (including phenoxy) is 2. The van der Waals surface area contributed by atoms with Gasteiger partial charge in [0.2, 0.25) is 5.95 Å². The first-order valence-electron chi connectivity index (χ1n) is 9.57. The molecule has 6 nitrogen and oxygen atoms in total. The Balaban J connectivity index is 1.64. The van der Waals surface area contributed by atoms with E-state index in [1.54, 1.807) is 0 Å². The van der Waals surface area contributed by atoms with Gasteiger partial charge in [-0.15, -0.1) is 0 Å². The van der Waals surface area contributed by atoms with Gasteiger partial charge in [0, 0.05) is 18.1 Å². The lowest BCUT2D eigenvalue weighted by atomic mass is 10.0. The Hall–Kier alpha value is -3.51. The second-order valence-electron chi connectivity index (χ2n) is 7.29. The second kappa shape index (κ2) is 7.07. The highest BCUT2D eigenvalue weighted by molar-refractivity contribution is 6.32. The van der Waals surface area contributed by atoms with Gasteiger partial charge in [0.25, 0.3) is 0 Å². The summed E-state index contributed by atoms with van der Waals surface area (Å²) in [5.74, 6) is 2.20. The summed E-state index contributed by atoms with van der Waals surface area (Å²) in [6, 6.07) is 17.6. The van der Waals surface area contributed by atoms with Crippen LogP contribution in [-0.2, 0) is 6.42 Å². The minimum atomic E-state index is -0.0176. The SMILES string of the molecule is CC1Cc2c(Oc3cc(-c4ccccc4)ccc3Cl)cc3nc(N)nc(N)c3c2O1. The smallest absolute Gasteiger partial charge is 0.222 e. The van der Waals surface area contributed by atoms with E-state index < -0.39 is 0 Å². The molecule has 150 valence electrons. The summed E-state index contributed by atoms with van der Waals surface area (Å²) < 4.78 is 12.3. The molecule has 0 aliphatic carbocycles. The highest BCUT2D eigenvalue weighted by Gasteiger charge is 2.28. The lowest BCUT2D eigenvalue weighted by Gasteiger charge is -2.14. The third kappa shape index (κ3) is 3.15. The van der Waals surface area contributed by atoms with Crippen LogP contribution in [0.1, 0.15) is 12.5 Å². The minimum Gasteiger partial charge on any atom is -0.489 e. The van der Waals surface area contributed by atoms with Crippen LogP contribution in [-0.4, -0.2) is 16.1 Å². The predicted octanol–water partition coefficient (Wildman–Crippen LogP) is 5.23. The molecular weight excluding hydrogens is 400 g/mol. The molecule has 30 heavy (non-hydrogen) atoms. The van der Waals surface area contributed by atoms with Gasteiger partial charge < -0.3 is 20.9 Å². The number of hydrogen-bond acceptors (Lipinski definition) is 6. The molecule has 1 atom stereocenters. The molecule has 1 aliphatic rings. The first-order chi connectivity index (χ1) is 14.5. The van der Waals surface area contributed by atoms with Crippen molar-refractivity contribution in [3.05, 3.63) is 65.2 Å². The third-order valence-corrected chi connectivity index (χ3v) is 5.43. The number of aromatic nitrogens is 2. The monoisotopic (exact) mass is 418 g/mol. The molecule has 1 aliphatic heterocycles. The molecule has 4 N–H and O–H groups in total. The Labute approximate surface area is 178 Å². The Morgan fingerprint density at radius 1 is 1.00 bits per heavy atom. The number of anilines is 2. The zero-order chi connectivity index (χ0) is 20.8. The maximum atomic E-state index is 6.46. The van der Waals surface area contributed by atoms with Gasteiger partial charge in [-0.1, -0.05) is 48.0 Å². The van der Waals surface area contributed by atoms with E-state index in [1.165, 1.54) is 0 Å². The van der Waals surface area contributed by atoms with E-state index in [2.05, 4.69) is 9.97 Å². The van der Waals surface area contributed by atoms with Crippen molar-refractivity contribution in [1.82, 2.24) is 9.97 Å². The largest absolute Gasteiger partial charge is 0.489 e. The normalized spacial score (nSPS) is 15.1. The fraction of sp³-hybridized carbons (Fsp3) is 0.130. The van der Waals surface area contributed by atoms with Crippen LogP contribution in [0.4, 0.5) is 11.8 Å². The van der Waals surface area contributed by atoms with Gasteiger partial charge in [-0.3, -0.25) is 0 Å². The Morgan fingerprint density at radius 3 is 2.60 bits per heavy atom. The van der Waals surface area contributed by atoms with Gasteiger partial charge in [-0.25, -0.2) is 4.98 Å². The number of fused-ring (bicyclic) bond motifs is 3. The van der Waals surface area contributed by atoms with E-state index in [0.717, 1.165) is 16.7 Å². The van der Waals surface area contributed by atoms with Gasteiger partial charge in [0.15, 0.2) is 0 Å². The second-order valence-corrected chi connectivity index (χ2v) is 7.70. The Kier molecular flexibility index (Phi) is 4.37. The fourth-order valence-electron chi connectivity index (χ4n) is 3.78. The molecule has 0 spiro atoms. The number of hydrogen-bond donors (Lipinski definition) is 2. The number of rotatable bonds is 3. The Morgan fingerprint density at radius 2 is 1.80 bits per heavy atom. The van der Waals surface area contributed by atoms with Crippen molar-refractivity contribution in [1.29, 1.82) is 0 Å². The molecule has 7 heteroatoms. The zero-order valence-electron chi connectivity index (χ0n) is 16.2. The molecule has 2 heterocycles. The maximum absolute atomic E-state index is 6.46. The van der Waals surface area contributed by atoms with Crippen LogP contribution in [0.5, 0.6) is 17.2 Å². The number of nitrogen functional groups attached to an aromatic ring is 2. The van der Waals surface area contributed by atoms with Crippen molar-refractivity contribution in [3.8, 4) is 28.4 Å². The van der Waals surface area contributed by atoms with E-state index >= 15 is 0 Å². The van der Waals surface area contributed by atoms with E-state index in [9.17, 15) is 0 Å². The van der Waals surface area contributed by atoms with Crippen LogP contribution in [0.3, 0.4) is 0 Å². The summed E-state index contributed by atoms with van der Waals surface area (Å²) in [6.45, 7) is 1.99. The third-order valence-electron chi connectivity index (χ3n) is 5.12. The summed E-state index contributed by atoms with van der Waals surface area (Å²) in [7, 11) is 0. The summed E-state index contributed by atoms with van der Waals surface area (Å²) in [5.41, 5.74) is 15.5. The number of halogens is 1. The van der Waals surface area contributed by atoms with Crippen LogP contribution in [0.15, 0.2) is 54.6 Å². The van der Waals surface area contributed by atoms with Gasteiger partial charge in [-0.05, 0) is 30.2 Å². The van der Waals surface area contributed by atoms with E-state index in [-0.39, 0.29) is 12.1 Å². The highest BCUT2D eigenvalue weighted by Crippen LogP contribution is 2.46. The van der Waals surface area contributed by atoms with Crippen LogP contribution >= 0.6 is 11.6 Å². The molecule has 4 aromatic rings. The van der Waals surface area contributed by atoms with Gasteiger partial charge in [0.1, 0.15) is 29.2 Å². The molecule has 0 saturated carbocycles. The summed E-state index contributed by atoms with van der Waals surface area (Å²) in [4.78, 5) is 8.40. The van der Waals surface area contributed by atoms with Gasteiger partial charge >= 0.3 is 0 Å². The average Bonchev–Trinajstić information content (AvgIpc) is 3.11. The highest BCUT2D eigenvalue weighted by atomic mass is 35.5. The minimum absolute atomic E-state index is 0.0176. The van der Waals surface area contributed by atoms with Crippen molar-refractivity contribution in [3.63, 3.8) is 0 Å². The lowest BCUT2D eigenvalue weighted by molar-refractivity contribution is 0.257. The summed E-state index contributed by atoms with van der Waals surface area (Å²) in [5, 5.41) is 1.16. The van der Waals surface area contributed by atoms with E-state index in [0.29, 0.717) is 45.4 Å². The standard InChI is InChI=1S/C23H19ClN4O2/c1-12-9-15-18(11-17-20(21(15)29-12)22(25)28-23(26)27-17)30-19-10-14(7-8-16(19)24)13-5-3-2-4-6-13/h2-8,10-12H,9H2,1H3,(H4,25,26,27,28). The lowest BCUT2D eigenvalue weighted by Crippen LogP contribution is -2.06. The van der Waals surface area contributed by atoms with Gasteiger partial charge in [0.05, 0.1) is 15.9 Å². The van der Waals surface area contributed by atoms with Crippen molar-refractivity contribution < 1.29 is 9.47 Å². The van der Waals surface area contributed by atoms with Gasteiger partial charge in [-0.2, -0.15) is 4.98 Å². The molecule has 1 aromatic heterocycles. The first kappa shape index (κ1) is 18.5. The van der Waals surface area contributed by atoms with Crippen LogP contribution in [0, 0.1) is 0 Å². The Bertz CT molecular complexity index is 1280. The van der Waals surface area contributed by atoms with Crippen LogP contribution < -0.4 is 20.9 Å². The molecule has 0 fully saturated rings. The summed E-state index contributed by atoms with van der Waals surface area (Å²) in [6.07, 6.45) is 0.663. The number of nitrogens with zero attached hydrogens (tertiary/aromatic N) is 2. The van der Waals surface area contributed by atoms with E-state index in [1.807, 2.05) is 61.5 Å². The fourth-order valence-corrected chi connectivity index (χ4v) is 3.94. The molecule has 0 bridgehead atoms. The van der Waals surface area contributed by atoms with Crippen LogP contribution in [0.2, 0.25) is 5.02 Å². The van der Waals surface area contributed by atoms with E-state index in [4.69, 9.17) is 32.5 Å². The number of benzene rings is 3. The molecule has 0 amide bonds. The van der Waals surface area contributed by atoms with Crippen LogP contribution in [0.25, 0.3) is 22.0 Å². The van der Waals surface area contributed by atoms with Crippen molar-refractivity contribution >= 4 is 34.3 Å². The van der Waals surface area contributed by atoms with Crippen molar-refractivity contribution in [2.24, 2.45) is 0 Å². The topological polar surface area (TPSA) is 96.3 Å². The molecule has 0 radical (unpaired) electrons. The van der Waals surface area contributed by atoms with Crippen molar-refractivity contribution in [2.75, 3.05) is 11.5 Å². The quantitative estimate of drug-likeness (QED) is 0.472. The average molecular weight is 419 g/mol. The molecule has 1 unspecified atom stereocenters. The molecule has 3 aromatic carbocycles. The zero-order valence-corrected chi connectivity index (χ0v) is 17.0. The van der Waals surface area contributed by atoms with Crippen molar-refractivity contribution in [2.45, 2.75) is 19.4 Å². The molecule has 5 rings (SSSR count). The predicted molar refractivity (Wildman–Crippen MR) is 119 cm³/mol. The molecule has 0 saturated heterocycles. The first-order valence-corrected chi connectivity index (χ1v) is 9.95. The summed E-state index contributed by atoms with van der Waals surface area (Å²) >= 11 is 6.46. The molecular formula is C23H19ClN4O2. The number of nitrogens with two attached hydrogens (primary N) is 2.